The summed E-state index contributed by atoms with van der Waals surface area (Å²) in [5.41, 5.74) is 0.922. The molecule has 22 heavy (non-hydrogen) atoms. The Kier molecular flexibility index (Phi) is 3.53. The van der Waals surface area contributed by atoms with E-state index in [0.717, 1.165) is 0 Å². The van der Waals surface area contributed by atoms with Crippen molar-refractivity contribution in [1.82, 2.24) is 10.2 Å². The van der Waals surface area contributed by atoms with Crippen molar-refractivity contribution in [3.8, 4) is 28.7 Å². The molecular weight excluding hydrogens is 286 g/mol. The zero-order chi connectivity index (χ0) is 15.5. The Labute approximate surface area is 125 Å². The summed E-state index contributed by atoms with van der Waals surface area (Å²) in [4.78, 5) is 10.6. The van der Waals surface area contributed by atoms with Gasteiger partial charge in [0.1, 0.15) is 11.3 Å². The van der Waals surface area contributed by atoms with Crippen LogP contribution in [0.2, 0.25) is 0 Å². The smallest absolute Gasteiger partial charge is 0.282 e. The van der Waals surface area contributed by atoms with E-state index in [4.69, 9.17) is 9.15 Å². The monoisotopic (exact) mass is 297 g/mol. The summed E-state index contributed by atoms with van der Waals surface area (Å²) in [5, 5.41) is 18.9. The number of benzene rings is 2. The van der Waals surface area contributed by atoms with Gasteiger partial charge in [0.25, 0.3) is 11.6 Å². The molecule has 110 valence electrons. The molecule has 0 spiro atoms. The predicted molar refractivity (Wildman–Crippen MR) is 78.4 cm³/mol. The maximum absolute atomic E-state index is 11.0. The van der Waals surface area contributed by atoms with Crippen molar-refractivity contribution in [1.29, 1.82) is 0 Å². The van der Waals surface area contributed by atoms with Gasteiger partial charge >= 0.3 is 0 Å². The second-order valence-corrected chi connectivity index (χ2v) is 4.42. The first-order chi connectivity index (χ1) is 10.7. The number of hydrogen-bond donors (Lipinski definition) is 0. The van der Waals surface area contributed by atoms with Crippen molar-refractivity contribution < 1.29 is 14.1 Å². The van der Waals surface area contributed by atoms with Crippen LogP contribution in [0.1, 0.15) is 0 Å². The van der Waals surface area contributed by atoms with Gasteiger partial charge in [-0.15, -0.1) is 10.2 Å². The Morgan fingerprint density at radius 1 is 1.05 bits per heavy atom. The number of rotatable bonds is 4. The van der Waals surface area contributed by atoms with Crippen molar-refractivity contribution in [2.75, 3.05) is 7.11 Å². The number of para-hydroxylation sites is 1. The molecule has 0 bridgehead atoms. The molecule has 0 N–H and O–H groups in total. The molecule has 0 saturated heterocycles. The van der Waals surface area contributed by atoms with Gasteiger partial charge < -0.3 is 9.15 Å². The molecule has 0 saturated carbocycles. The number of nitro benzene ring substituents is 1. The van der Waals surface area contributed by atoms with Crippen molar-refractivity contribution in [2.45, 2.75) is 0 Å². The third-order valence-corrected chi connectivity index (χ3v) is 3.09. The van der Waals surface area contributed by atoms with Gasteiger partial charge in [0, 0.05) is 11.6 Å². The lowest BCUT2D eigenvalue weighted by molar-refractivity contribution is -0.384. The van der Waals surface area contributed by atoms with Gasteiger partial charge in [-0.25, -0.2) is 0 Å². The fourth-order valence-corrected chi connectivity index (χ4v) is 2.00. The van der Waals surface area contributed by atoms with Gasteiger partial charge in [-0.1, -0.05) is 12.1 Å². The summed E-state index contributed by atoms with van der Waals surface area (Å²) >= 11 is 0. The molecule has 1 heterocycles. The van der Waals surface area contributed by atoms with Crippen LogP contribution in [0.3, 0.4) is 0 Å². The molecular formula is C15H11N3O4. The first kappa shape index (κ1) is 13.7. The van der Waals surface area contributed by atoms with Crippen LogP contribution in [-0.4, -0.2) is 22.2 Å². The molecule has 3 aromatic rings. The quantitative estimate of drug-likeness (QED) is 0.542. The molecule has 7 nitrogen and oxygen atoms in total. The van der Waals surface area contributed by atoms with Crippen LogP contribution in [0, 0.1) is 10.1 Å². The number of aromatic nitrogens is 2. The highest BCUT2D eigenvalue weighted by Crippen LogP contribution is 2.30. The van der Waals surface area contributed by atoms with E-state index < -0.39 is 4.92 Å². The minimum Gasteiger partial charge on any atom is -0.497 e. The largest absolute Gasteiger partial charge is 0.497 e. The van der Waals surface area contributed by atoms with Crippen LogP contribution >= 0.6 is 0 Å². The molecule has 1 aromatic heterocycles. The maximum atomic E-state index is 11.0. The Hall–Kier alpha value is -3.22. The molecule has 7 heteroatoms. The predicted octanol–water partition coefficient (Wildman–Crippen LogP) is 3.32. The SMILES string of the molecule is COc1ccc(-c2nnc(-c3ccccc3[N+](=O)[O-])o2)cc1. The van der Waals surface area contributed by atoms with Gasteiger partial charge in [-0.2, -0.15) is 0 Å². The van der Waals surface area contributed by atoms with Gasteiger partial charge in [0.2, 0.25) is 5.89 Å². The molecule has 0 radical (unpaired) electrons. The zero-order valence-electron chi connectivity index (χ0n) is 11.6. The molecule has 0 aliphatic heterocycles. The van der Waals surface area contributed by atoms with E-state index >= 15 is 0 Å². The van der Waals surface area contributed by atoms with Crippen molar-refractivity contribution in [3.63, 3.8) is 0 Å². The molecule has 0 atom stereocenters. The van der Waals surface area contributed by atoms with E-state index in [2.05, 4.69) is 10.2 Å². The van der Waals surface area contributed by atoms with Crippen LogP contribution in [0.5, 0.6) is 5.75 Å². The summed E-state index contributed by atoms with van der Waals surface area (Å²) in [7, 11) is 1.58. The zero-order valence-corrected chi connectivity index (χ0v) is 11.6. The summed E-state index contributed by atoms with van der Waals surface area (Å²) < 4.78 is 10.6. The summed E-state index contributed by atoms with van der Waals surface area (Å²) in [6.07, 6.45) is 0. The van der Waals surface area contributed by atoms with Gasteiger partial charge in [-0.05, 0) is 30.3 Å². The first-order valence-corrected chi connectivity index (χ1v) is 6.41. The van der Waals surface area contributed by atoms with Crippen LogP contribution in [0.15, 0.2) is 52.9 Å². The molecule has 0 unspecified atom stereocenters. The summed E-state index contributed by atoms with van der Waals surface area (Å²) in [5.74, 6) is 1.11. The van der Waals surface area contributed by atoms with Crippen molar-refractivity contribution in [2.24, 2.45) is 0 Å². The Morgan fingerprint density at radius 3 is 2.41 bits per heavy atom. The Balaban J connectivity index is 1.98. The van der Waals surface area contributed by atoms with E-state index in [0.29, 0.717) is 16.9 Å². The molecule has 0 amide bonds. The van der Waals surface area contributed by atoms with Crippen LogP contribution in [-0.2, 0) is 0 Å². The highest BCUT2D eigenvalue weighted by atomic mass is 16.6. The highest BCUT2D eigenvalue weighted by molar-refractivity contribution is 5.67. The van der Waals surface area contributed by atoms with Crippen LogP contribution < -0.4 is 4.74 Å². The number of ether oxygens (including phenoxy) is 1. The fraction of sp³-hybridized carbons (Fsp3) is 0.0667. The highest BCUT2D eigenvalue weighted by Gasteiger charge is 2.19. The molecule has 0 aliphatic carbocycles. The molecule has 0 aliphatic rings. The third kappa shape index (κ3) is 2.51. The van der Waals surface area contributed by atoms with Gasteiger partial charge in [-0.3, -0.25) is 10.1 Å². The molecule has 2 aromatic carbocycles. The minimum absolute atomic E-state index is 0.0765. The minimum atomic E-state index is -0.480. The first-order valence-electron chi connectivity index (χ1n) is 6.41. The van der Waals surface area contributed by atoms with E-state index in [1.807, 2.05) is 0 Å². The number of nitrogens with zero attached hydrogens (tertiary/aromatic N) is 3. The molecule has 3 rings (SSSR count). The van der Waals surface area contributed by atoms with Crippen molar-refractivity contribution >= 4 is 5.69 Å². The number of hydrogen-bond acceptors (Lipinski definition) is 6. The lowest BCUT2D eigenvalue weighted by atomic mass is 10.2. The topological polar surface area (TPSA) is 91.3 Å². The van der Waals surface area contributed by atoms with Crippen LogP contribution in [0.4, 0.5) is 5.69 Å². The van der Waals surface area contributed by atoms with E-state index in [9.17, 15) is 10.1 Å². The summed E-state index contributed by atoms with van der Waals surface area (Å²) in [6.45, 7) is 0. The fourth-order valence-electron chi connectivity index (χ4n) is 2.00. The average Bonchev–Trinajstić information content (AvgIpc) is 3.04. The molecule has 0 fully saturated rings. The second kappa shape index (κ2) is 5.65. The van der Waals surface area contributed by atoms with E-state index in [1.54, 1.807) is 49.6 Å². The normalized spacial score (nSPS) is 10.4. The second-order valence-electron chi connectivity index (χ2n) is 4.42. The van der Waals surface area contributed by atoms with Crippen molar-refractivity contribution in [3.05, 3.63) is 58.6 Å². The number of nitro groups is 1. The summed E-state index contributed by atoms with van der Waals surface area (Å²) in [6, 6.07) is 13.3. The lowest BCUT2D eigenvalue weighted by Crippen LogP contribution is -1.91. The average molecular weight is 297 g/mol. The van der Waals surface area contributed by atoms with E-state index in [-0.39, 0.29) is 17.5 Å². The van der Waals surface area contributed by atoms with Gasteiger partial charge in [0.05, 0.1) is 12.0 Å². The van der Waals surface area contributed by atoms with Crippen LogP contribution in [0.25, 0.3) is 22.9 Å². The van der Waals surface area contributed by atoms with Gasteiger partial charge in [0.15, 0.2) is 0 Å². The Bertz CT molecular complexity index is 812. The Morgan fingerprint density at radius 2 is 1.73 bits per heavy atom. The standard InChI is InChI=1S/C15H11N3O4/c1-21-11-8-6-10(7-9-11)14-16-17-15(22-14)12-4-2-3-5-13(12)18(19)20/h2-9H,1H3. The lowest BCUT2D eigenvalue weighted by Gasteiger charge is -1.99. The number of methoxy groups -OCH3 is 1. The third-order valence-electron chi connectivity index (χ3n) is 3.09. The van der Waals surface area contributed by atoms with E-state index in [1.165, 1.54) is 6.07 Å². The maximum Gasteiger partial charge on any atom is 0.282 e.